The van der Waals surface area contributed by atoms with E-state index in [1.807, 2.05) is 24.4 Å². The first kappa shape index (κ1) is 15.7. The molecule has 2 aromatic heterocycles. The third-order valence-corrected chi connectivity index (χ3v) is 6.07. The molecule has 0 bridgehead atoms. The van der Waals surface area contributed by atoms with Crippen LogP contribution >= 0.6 is 11.3 Å². The molecule has 2 nitrogen and oxygen atoms in total. The Labute approximate surface area is 161 Å². The fraction of sp³-hybridized carbons (Fsp3) is 0. The van der Waals surface area contributed by atoms with E-state index < -0.39 is 0 Å². The lowest BCUT2D eigenvalue weighted by molar-refractivity contribution is 1.33. The van der Waals surface area contributed by atoms with E-state index in [4.69, 9.17) is 6.57 Å². The Morgan fingerprint density at radius 1 is 0.741 bits per heavy atom. The number of benzene rings is 3. The van der Waals surface area contributed by atoms with Crippen molar-refractivity contribution in [2.45, 2.75) is 0 Å². The van der Waals surface area contributed by atoms with E-state index in [1.54, 1.807) is 17.5 Å². The van der Waals surface area contributed by atoms with Gasteiger partial charge in [0.25, 0.3) is 0 Å². The average Bonchev–Trinajstić information content (AvgIpc) is 3.13. The van der Waals surface area contributed by atoms with Crippen molar-refractivity contribution < 1.29 is 0 Å². The smallest absolute Gasteiger partial charge is 0.204 e. The summed E-state index contributed by atoms with van der Waals surface area (Å²) in [7, 11) is 0. The van der Waals surface area contributed by atoms with Crippen LogP contribution in [0.15, 0.2) is 85.2 Å². The molecule has 5 aromatic rings. The zero-order valence-corrected chi connectivity index (χ0v) is 15.2. The Balaban J connectivity index is 1.76. The van der Waals surface area contributed by atoms with Crippen LogP contribution < -0.4 is 0 Å². The van der Waals surface area contributed by atoms with E-state index in [0.29, 0.717) is 0 Å². The quantitative estimate of drug-likeness (QED) is 0.300. The Morgan fingerprint density at radius 2 is 1.48 bits per heavy atom. The highest BCUT2D eigenvalue weighted by Gasteiger charge is 2.13. The number of hydrogen-bond donors (Lipinski definition) is 0. The number of pyridine rings is 1. The molecule has 0 atom stereocenters. The van der Waals surface area contributed by atoms with Gasteiger partial charge < -0.3 is 0 Å². The molecule has 3 heteroatoms. The molecule has 0 spiro atoms. The fourth-order valence-corrected chi connectivity index (χ4v) is 4.81. The van der Waals surface area contributed by atoms with Gasteiger partial charge >= 0.3 is 0 Å². The van der Waals surface area contributed by atoms with Crippen molar-refractivity contribution in [1.29, 1.82) is 0 Å². The fourth-order valence-electron chi connectivity index (χ4n) is 3.52. The van der Waals surface area contributed by atoms with Crippen LogP contribution in [0.25, 0.3) is 47.3 Å². The van der Waals surface area contributed by atoms with Gasteiger partial charge in [0.1, 0.15) is 0 Å². The van der Waals surface area contributed by atoms with E-state index in [-0.39, 0.29) is 0 Å². The second-order valence-corrected chi connectivity index (χ2v) is 7.39. The van der Waals surface area contributed by atoms with Crippen molar-refractivity contribution in [1.82, 2.24) is 4.98 Å². The van der Waals surface area contributed by atoms with Crippen LogP contribution in [-0.2, 0) is 0 Å². The van der Waals surface area contributed by atoms with Crippen molar-refractivity contribution in [2.75, 3.05) is 0 Å². The van der Waals surface area contributed by atoms with Crippen LogP contribution in [0, 0.1) is 6.57 Å². The standard InChI is InChI=1S/C24H14N2S/c1-25-22-12-4-11-21-20-10-3-9-19(23(20)27-24(21)22)17-7-2-6-16(14-17)18-8-5-13-26-15-18/h2-15H. The molecule has 0 unspecified atom stereocenters. The third-order valence-electron chi connectivity index (χ3n) is 4.79. The van der Waals surface area contributed by atoms with Crippen molar-refractivity contribution in [3.8, 4) is 22.3 Å². The highest BCUT2D eigenvalue weighted by molar-refractivity contribution is 7.27. The number of nitrogens with zero attached hydrogens (tertiary/aromatic N) is 2. The number of hydrogen-bond acceptors (Lipinski definition) is 2. The number of rotatable bonds is 2. The van der Waals surface area contributed by atoms with Crippen molar-refractivity contribution in [2.24, 2.45) is 0 Å². The van der Waals surface area contributed by atoms with Crippen LogP contribution in [0.4, 0.5) is 5.69 Å². The molecule has 0 amide bonds. The summed E-state index contributed by atoms with van der Waals surface area (Å²) in [4.78, 5) is 7.94. The molecule has 126 valence electrons. The lowest BCUT2D eigenvalue weighted by atomic mass is 9.98. The van der Waals surface area contributed by atoms with Gasteiger partial charge in [-0.15, -0.1) is 11.3 Å². The molecule has 0 saturated heterocycles. The minimum absolute atomic E-state index is 0.726. The summed E-state index contributed by atoms with van der Waals surface area (Å²) in [5.41, 5.74) is 5.37. The van der Waals surface area contributed by atoms with E-state index in [0.717, 1.165) is 26.9 Å². The summed E-state index contributed by atoms with van der Waals surface area (Å²) >= 11 is 1.71. The Bertz CT molecular complexity index is 1330. The molecule has 0 fully saturated rings. The van der Waals surface area contributed by atoms with Crippen LogP contribution in [0.2, 0.25) is 0 Å². The first-order valence-electron chi connectivity index (χ1n) is 8.68. The zero-order valence-electron chi connectivity index (χ0n) is 14.4. The second-order valence-electron chi connectivity index (χ2n) is 6.37. The Hall–Kier alpha value is -3.48. The maximum Gasteiger partial charge on any atom is 0.204 e. The summed E-state index contributed by atoms with van der Waals surface area (Å²) in [6.45, 7) is 7.47. The lowest BCUT2D eigenvalue weighted by Gasteiger charge is -2.07. The van der Waals surface area contributed by atoms with E-state index >= 15 is 0 Å². The van der Waals surface area contributed by atoms with E-state index in [2.05, 4.69) is 64.4 Å². The van der Waals surface area contributed by atoms with E-state index in [1.165, 1.54) is 21.2 Å². The van der Waals surface area contributed by atoms with Gasteiger partial charge in [-0.1, -0.05) is 60.7 Å². The maximum absolute atomic E-state index is 7.47. The third kappa shape index (κ3) is 2.59. The molecule has 3 aromatic carbocycles. The van der Waals surface area contributed by atoms with Gasteiger partial charge in [-0.25, -0.2) is 4.85 Å². The normalized spacial score (nSPS) is 10.9. The van der Waals surface area contributed by atoms with Gasteiger partial charge in [0.05, 0.1) is 6.57 Å². The van der Waals surface area contributed by atoms with E-state index in [9.17, 15) is 0 Å². The van der Waals surface area contributed by atoms with Crippen LogP contribution in [0.3, 0.4) is 0 Å². The molecule has 27 heavy (non-hydrogen) atoms. The molecule has 0 aliphatic rings. The van der Waals surface area contributed by atoms with Gasteiger partial charge in [0.15, 0.2) is 0 Å². The van der Waals surface area contributed by atoms with Gasteiger partial charge in [0, 0.05) is 27.4 Å². The zero-order chi connectivity index (χ0) is 18.2. The summed E-state index contributed by atoms with van der Waals surface area (Å²) in [5.74, 6) is 0. The molecule has 0 N–H and O–H groups in total. The number of thiophene rings is 1. The SMILES string of the molecule is [C-]#[N+]c1cccc2c1sc1c(-c3cccc(-c4cccnc4)c3)cccc12. The minimum Gasteiger partial charge on any atom is -0.264 e. The van der Waals surface area contributed by atoms with Gasteiger partial charge in [-0.2, -0.15) is 0 Å². The molecular formula is C24H14N2S. The van der Waals surface area contributed by atoms with Crippen LogP contribution in [-0.4, -0.2) is 4.98 Å². The molecule has 0 aliphatic carbocycles. The molecule has 2 heterocycles. The van der Waals surface area contributed by atoms with Crippen LogP contribution in [0.1, 0.15) is 0 Å². The molecule has 0 aliphatic heterocycles. The Morgan fingerprint density at radius 3 is 2.30 bits per heavy atom. The highest BCUT2D eigenvalue weighted by Crippen LogP contribution is 2.43. The maximum atomic E-state index is 7.47. The summed E-state index contributed by atoms with van der Waals surface area (Å²) < 4.78 is 2.30. The average molecular weight is 362 g/mol. The van der Waals surface area contributed by atoms with Gasteiger partial charge in [0.2, 0.25) is 5.69 Å². The molecular weight excluding hydrogens is 348 g/mol. The van der Waals surface area contributed by atoms with Gasteiger partial charge in [-0.3, -0.25) is 4.98 Å². The first-order chi connectivity index (χ1) is 13.3. The number of aromatic nitrogens is 1. The first-order valence-corrected chi connectivity index (χ1v) is 9.49. The molecule has 5 rings (SSSR count). The Kier molecular flexibility index (Phi) is 3.71. The summed E-state index contributed by atoms with van der Waals surface area (Å²) in [6.07, 6.45) is 3.68. The topological polar surface area (TPSA) is 17.2 Å². The summed E-state index contributed by atoms with van der Waals surface area (Å²) in [5, 5.41) is 2.37. The highest BCUT2D eigenvalue weighted by atomic mass is 32.1. The number of fused-ring (bicyclic) bond motifs is 3. The largest absolute Gasteiger partial charge is 0.264 e. The monoisotopic (exact) mass is 362 g/mol. The molecule has 0 saturated carbocycles. The second kappa shape index (κ2) is 6.35. The van der Waals surface area contributed by atoms with Crippen molar-refractivity contribution >= 4 is 37.2 Å². The minimum atomic E-state index is 0.726. The lowest BCUT2D eigenvalue weighted by Crippen LogP contribution is -1.82. The van der Waals surface area contributed by atoms with Crippen molar-refractivity contribution in [3.05, 3.63) is 96.6 Å². The summed E-state index contributed by atoms with van der Waals surface area (Å²) in [6, 6.07) is 25.0. The molecule has 0 radical (unpaired) electrons. The van der Waals surface area contributed by atoms with Crippen molar-refractivity contribution in [3.63, 3.8) is 0 Å². The van der Waals surface area contributed by atoms with Crippen LogP contribution in [0.5, 0.6) is 0 Å². The predicted molar refractivity (Wildman–Crippen MR) is 114 cm³/mol. The predicted octanol–water partition coefficient (Wildman–Crippen LogP) is 7.33. The van der Waals surface area contributed by atoms with Gasteiger partial charge in [-0.05, 0) is 39.6 Å².